The lowest BCUT2D eigenvalue weighted by Gasteiger charge is -2.11. The molecule has 10 aromatic carbocycles. The largest absolute Gasteiger partial charge is 0.506 e. The molecule has 10 aromatic rings. The standard InChI is InChI=1S/2C15H11F3N2O2.C15H12I2N2O2.C14H12Cl2N2.C14H10I2N2O3/c16-15(17,18)12-6-1-2-7-13(12)20-19-9-10-4-3-5-11(8-10)14(21)22;16-15(17,18)12-3-1-2-4-13(12)20-19-9-10-5-7-11(8-6-10)14(21)22;1-9-13(16)5-10(6-14(9)17)8-18-19-12-4-2-3-11(7-12)15(20)21;1-10-4-2-3-5-11(10)9-17-18-14-7-12(15)6-13(16)8-14;15-10-5-8(6-11(16)13(10)19)7-17-18-12-4-2-1-3-9(12)14(20)21/h2*1-9,20H,(H,21,22);2-8,19H,1H3,(H,20,21);2-9,18H,1H3;1-7,18-19H,(H,20,21)/b2*19-9-;18-8-;17-9-;17-7-. The number of phenols is 1. The number of hydrogen-bond acceptors (Lipinski definition) is 15. The molecule has 0 fully saturated rings. The number of rotatable bonds is 19. The normalized spacial score (nSPS) is 11.1. The van der Waals surface area contributed by atoms with E-state index in [-0.39, 0.29) is 39.4 Å². The van der Waals surface area contributed by atoms with Crippen LogP contribution in [0.4, 0.5) is 54.8 Å². The monoisotopic (exact) mass is 1910 g/mol. The summed E-state index contributed by atoms with van der Waals surface area (Å²) in [5.41, 5.74) is 19.9. The molecule has 10 N–H and O–H groups in total. The van der Waals surface area contributed by atoms with Gasteiger partial charge in [0.2, 0.25) is 0 Å². The van der Waals surface area contributed by atoms with Crippen LogP contribution in [0.5, 0.6) is 5.75 Å². The first-order valence-corrected chi connectivity index (χ1v) is 34.7. The van der Waals surface area contributed by atoms with Crippen LogP contribution in [0.1, 0.15) is 91.5 Å². The number of phenolic OH excluding ortho intramolecular Hbond substituents is 1. The van der Waals surface area contributed by atoms with Crippen LogP contribution in [0.25, 0.3) is 0 Å². The number of nitrogens with zero attached hydrogens (tertiary/aromatic N) is 5. The van der Waals surface area contributed by atoms with Gasteiger partial charge in [-0.2, -0.15) is 51.8 Å². The number of hydrazone groups is 5. The first-order chi connectivity index (χ1) is 49.4. The van der Waals surface area contributed by atoms with Crippen molar-refractivity contribution in [3.63, 3.8) is 0 Å². The quantitative estimate of drug-likeness (QED) is 0.0156. The van der Waals surface area contributed by atoms with Crippen molar-refractivity contribution in [2.24, 2.45) is 25.5 Å². The molecule has 104 heavy (non-hydrogen) atoms. The van der Waals surface area contributed by atoms with Gasteiger partial charge in [-0.1, -0.05) is 114 Å². The summed E-state index contributed by atoms with van der Waals surface area (Å²) in [5, 5.41) is 66.3. The molecule has 0 amide bonds. The number of carbonyl (C=O) groups is 4. The van der Waals surface area contributed by atoms with Crippen LogP contribution in [0.3, 0.4) is 0 Å². The smallest absolute Gasteiger partial charge is 0.418 e. The SMILES string of the molecule is Cc1c(I)cc(/C=N\Nc2cccc(C(=O)O)c2)cc1I.Cc1ccccc1/C=N\Nc1cc(Cl)cc(Cl)c1.O=C(O)c1ccc(/C=N\Nc2ccccc2C(F)(F)F)cc1.O=C(O)c1cccc(/C=N\Nc2ccccc2C(F)(F)F)c1.O=C(O)c1ccccc1N/N=C\c1cc(I)c(O)c(I)c1. The highest BCUT2D eigenvalue weighted by atomic mass is 127. The molecule has 0 aliphatic rings. The van der Waals surface area contributed by atoms with Gasteiger partial charge in [-0.15, -0.1) is 0 Å². The molecule has 31 heteroatoms. The minimum atomic E-state index is -4.48. The van der Waals surface area contributed by atoms with Crippen LogP contribution in [-0.4, -0.2) is 80.5 Å². The lowest BCUT2D eigenvalue weighted by Crippen LogP contribution is -2.08. The van der Waals surface area contributed by atoms with E-state index in [1.54, 1.807) is 97.5 Å². The molecule has 0 aliphatic carbocycles. The van der Waals surface area contributed by atoms with Gasteiger partial charge in [-0.05, 0) is 264 Å². The van der Waals surface area contributed by atoms with E-state index in [0.29, 0.717) is 32.5 Å². The Morgan fingerprint density at radius 3 is 1.31 bits per heavy atom. The predicted molar refractivity (Wildman–Crippen MR) is 430 cm³/mol. The molecule has 19 nitrogen and oxygen atoms in total. The van der Waals surface area contributed by atoms with Crippen LogP contribution >= 0.6 is 114 Å². The number of aromatic hydroxyl groups is 1. The highest BCUT2D eigenvalue weighted by Crippen LogP contribution is 2.36. The van der Waals surface area contributed by atoms with Gasteiger partial charge in [0.05, 0.1) is 100 Å². The Labute approximate surface area is 655 Å². The lowest BCUT2D eigenvalue weighted by molar-refractivity contribution is -0.137. The number of alkyl halides is 6. The number of benzene rings is 10. The Bertz CT molecular complexity index is 4760. The highest BCUT2D eigenvalue weighted by Gasteiger charge is 2.34. The fourth-order valence-corrected chi connectivity index (χ4v) is 12.4. The summed E-state index contributed by atoms with van der Waals surface area (Å²) in [5.74, 6) is -3.86. The molecule has 10 rings (SSSR count). The number of halogens is 12. The number of aromatic carboxylic acids is 4. The number of aryl methyl sites for hydroxylation is 1. The van der Waals surface area contributed by atoms with Crippen LogP contribution in [0.2, 0.25) is 10.0 Å². The zero-order valence-electron chi connectivity index (χ0n) is 53.7. The van der Waals surface area contributed by atoms with Crippen molar-refractivity contribution in [1.82, 2.24) is 0 Å². The van der Waals surface area contributed by atoms with Gasteiger partial charge in [-0.3, -0.25) is 27.1 Å². The van der Waals surface area contributed by atoms with E-state index in [1.165, 1.54) is 116 Å². The van der Waals surface area contributed by atoms with Crippen molar-refractivity contribution in [2.75, 3.05) is 27.1 Å². The molecule has 0 spiro atoms. The third-order valence-corrected chi connectivity index (χ3v) is 17.7. The summed E-state index contributed by atoms with van der Waals surface area (Å²) in [6.07, 6.45) is -1.34. The number of nitrogens with one attached hydrogen (secondary N) is 5. The van der Waals surface area contributed by atoms with E-state index in [9.17, 15) is 50.6 Å². The number of carboxylic acids is 4. The summed E-state index contributed by atoms with van der Waals surface area (Å²) in [7, 11) is 0. The third kappa shape index (κ3) is 27.8. The van der Waals surface area contributed by atoms with Gasteiger partial charge in [0.25, 0.3) is 0 Å². The van der Waals surface area contributed by atoms with Crippen LogP contribution < -0.4 is 27.1 Å². The Morgan fingerprint density at radius 1 is 0.385 bits per heavy atom. The average molecular weight is 1910 g/mol. The number of para-hydroxylation sites is 3. The third-order valence-electron chi connectivity index (χ3n) is 13.4. The van der Waals surface area contributed by atoms with Gasteiger partial charge in [-0.25, -0.2) is 19.2 Å². The molecule has 0 saturated heterocycles. The number of hydrogen-bond donors (Lipinski definition) is 10. The maximum absolute atomic E-state index is 12.8. The van der Waals surface area contributed by atoms with E-state index in [4.69, 9.17) is 43.6 Å². The van der Waals surface area contributed by atoms with Gasteiger partial charge < -0.3 is 25.5 Å². The van der Waals surface area contributed by atoms with Gasteiger partial charge in [0.1, 0.15) is 5.75 Å². The maximum Gasteiger partial charge on any atom is 0.418 e. The second-order valence-electron chi connectivity index (χ2n) is 21.0. The van der Waals surface area contributed by atoms with Gasteiger partial charge in [0, 0.05) is 17.2 Å². The zero-order valence-corrected chi connectivity index (χ0v) is 63.9. The van der Waals surface area contributed by atoms with Crippen molar-refractivity contribution in [2.45, 2.75) is 26.2 Å². The summed E-state index contributed by atoms with van der Waals surface area (Å²) >= 11 is 20.5. The second-order valence-corrected chi connectivity index (χ2v) is 26.5. The Hall–Kier alpha value is -9.69. The minimum absolute atomic E-state index is 0.0691. The number of anilines is 5. The minimum Gasteiger partial charge on any atom is -0.506 e. The van der Waals surface area contributed by atoms with Crippen molar-refractivity contribution in [3.05, 3.63) is 309 Å². The first-order valence-electron chi connectivity index (χ1n) is 29.6. The maximum atomic E-state index is 12.8. The van der Waals surface area contributed by atoms with E-state index >= 15 is 0 Å². The Balaban J connectivity index is 0.000000204. The van der Waals surface area contributed by atoms with Crippen molar-refractivity contribution >= 4 is 197 Å². The fraction of sp³-hybridized carbons (Fsp3) is 0.0548. The average Bonchev–Trinajstić information content (AvgIpc) is 0.835. The summed E-state index contributed by atoms with van der Waals surface area (Å²) in [4.78, 5) is 43.5. The zero-order chi connectivity index (χ0) is 76.1. The van der Waals surface area contributed by atoms with Crippen LogP contribution in [0.15, 0.2) is 238 Å². The lowest BCUT2D eigenvalue weighted by atomic mass is 10.1. The number of carboxylic acid groups (broad SMARTS) is 4. The van der Waals surface area contributed by atoms with Crippen LogP contribution in [0, 0.1) is 28.1 Å². The molecule has 0 unspecified atom stereocenters. The molecule has 536 valence electrons. The topological polar surface area (TPSA) is 291 Å². The van der Waals surface area contributed by atoms with E-state index in [0.717, 1.165) is 41.7 Å². The molecular weight excluding hydrogens is 1850 g/mol. The van der Waals surface area contributed by atoms with Gasteiger partial charge >= 0.3 is 36.2 Å². The summed E-state index contributed by atoms with van der Waals surface area (Å²) < 4.78 is 80.5. The summed E-state index contributed by atoms with van der Waals surface area (Å²) in [6, 6.07) is 55.6. The molecule has 0 radical (unpaired) electrons. The molecule has 0 aliphatic heterocycles. The van der Waals surface area contributed by atoms with Gasteiger partial charge in [0.15, 0.2) is 0 Å². The fourth-order valence-electron chi connectivity index (χ4n) is 8.24. The highest BCUT2D eigenvalue weighted by molar-refractivity contribution is 14.1. The molecule has 0 aromatic heterocycles. The second kappa shape index (κ2) is 41.0. The van der Waals surface area contributed by atoms with Crippen molar-refractivity contribution < 1.29 is 71.1 Å². The van der Waals surface area contributed by atoms with E-state index < -0.39 is 47.4 Å². The predicted octanol–water partition coefficient (Wildman–Crippen LogP) is 20.5. The molecule has 0 bridgehead atoms. The molecule has 0 saturated carbocycles. The van der Waals surface area contributed by atoms with Crippen molar-refractivity contribution in [1.29, 1.82) is 0 Å². The molecule has 0 atom stereocenters. The van der Waals surface area contributed by atoms with E-state index in [2.05, 4.69) is 117 Å². The van der Waals surface area contributed by atoms with Crippen molar-refractivity contribution in [3.8, 4) is 5.75 Å². The van der Waals surface area contributed by atoms with Crippen LogP contribution in [-0.2, 0) is 12.4 Å². The van der Waals surface area contributed by atoms with E-state index in [1.807, 2.05) is 76.4 Å². The summed E-state index contributed by atoms with van der Waals surface area (Å²) in [6.45, 7) is 4.12. The Kier molecular flexibility index (Phi) is 32.8. The first kappa shape index (κ1) is 83.3. The Morgan fingerprint density at radius 2 is 0.798 bits per heavy atom. The molecular formula is C73H56Cl2F6I4N10O9. The molecule has 0 heterocycles.